The molecule has 0 bridgehead atoms. The van der Waals surface area contributed by atoms with Gasteiger partial charge in [-0.2, -0.15) is 0 Å². The lowest BCUT2D eigenvalue weighted by molar-refractivity contribution is 0.668. The Kier molecular flexibility index (Phi) is 6.79. The van der Waals surface area contributed by atoms with Crippen molar-refractivity contribution in [1.29, 1.82) is 0 Å². The predicted octanol–water partition coefficient (Wildman–Crippen LogP) is 12.7. The fourth-order valence-electron chi connectivity index (χ4n) is 7.93. The quantitative estimate of drug-likeness (QED) is 0.180. The number of fused-ring (bicyclic) bond motifs is 7. The summed E-state index contributed by atoms with van der Waals surface area (Å²) in [5.74, 6) is 1.81. The smallest absolute Gasteiger partial charge is 0.166 e. The van der Waals surface area contributed by atoms with Gasteiger partial charge in [0.2, 0.25) is 0 Å². The normalized spacial score (nSPS) is 11.7. The van der Waals surface area contributed by atoms with E-state index in [4.69, 9.17) is 19.4 Å². The first-order valence-corrected chi connectivity index (χ1v) is 18.1. The van der Waals surface area contributed by atoms with Gasteiger partial charge in [-0.3, -0.25) is 0 Å². The molecule has 54 heavy (non-hydrogen) atoms. The van der Waals surface area contributed by atoms with Gasteiger partial charge in [-0.25, -0.2) is 15.0 Å². The molecule has 3 aromatic heterocycles. The first kappa shape index (κ1) is 30.3. The van der Waals surface area contributed by atoms with Crippen LogP contribution in [0, 0.1) is 0 Å². The number of nitrogens with zero attached hydrogens (tertiary/aromatic N) is 4. The Balaban J connectivity index is 1.25. The molecule has 0 N–H and O–H groups in total. The fraction of sp³-hybridized carbons (Fsp3) is 0. The van der Waals surface area contributed by atoms with Gasteiger partial charge >= 0.3 is 0 Å². The summed E-state index contributed by atoms with van der Waals surface area (Å²) in [5.41, 5.74) is 9.78. The number of aromatic nitrogens is 4. The third-order valence-electron chi connectivity index (χ3n) is 10.5. The summed E-state index contributed by atoms with van der Waals surface area (Å²) < 4.78 is 8.92. The van der Waals surface area contributed by atoms with Gasteiger partial charge in [-0.1, -0.05) is 152 Å². The van der Waals surface area contributed by atoms with Crippen LogP contribution >= 0.6 is 0 Å². The molecule has 0 radical (unpaired) electrons. The molecular formula is C49H30N4O. The Morgan fingerprint density at radius 3 is 1.74 bits per heavy atom. The summed E-state index contributed by atoms with van der Waals surface area (Å²) >= 11 is 0. The fourth-order valence-corrected chi connectivity index (χ4v) is 7.93. The third kappa shape index (κ3) is 4.83. The Bertz CT molecular complexity index is 3150. The van der Waals surface area contributed by atoms with Crippen molar-refractivity contribution in [1.82, 2.24) is 19.5 Å². The lowest BCUT2D eigenvalue weighted by Gasteiger charge is -2.15. The first-order valence-electron chi connectivity index (χ1n) is 18.1. The van der Waals surface area contributed by atoms with E-state index >= 15 is 0 Å². The van der Waals surface area contributed by atoms with Gasteiger partial charge < -0.3 is 8.98 Å². The Hall–Kier alpha value is -7.37. The molecule has 252 valence electrons. The highest BCUT2D eigenvalue weighted by atomic mass is 16.3. The van der Waals surface area contributed by atoms with Crippen molar-refractivity contribution in [3.05, 3.63) is 182 Å². The van der Waals surface area contributed by atoms with Crippen LogP contribution in [0.5, 0.6) is 0 Å². The number of hydrogen-bond acceptors (Lipinski definition) is 4. The molecule has 0 aliphatic carbocycles. The maximum Gasteiger partial charge on any atom is 0.166 e. The number of hydrogen-bond donors (Lipinski definition) is 0. The number of para-hydroxylation sites is 2. The standard InChI is InChI=1S/C49H30N4O/c1-3-15-32(16-4-1)47-50-48(33-17-5-2-6-18-33)52-49(51-47)41-29-40-39-22-10-12-25-45(39)54-46(40)30-44(41)53-42-24-11-9-21-37(42)38-27-26-34(28-43(38)53)36-23-13-19-31-14-7-8-20-35(31)36/h1-30H. The molecule has 11 rings (SSSR count). The second-order valence-corrected chi connectivity index (χ2v) is 13.6. The van der Waals surface area contributed by atoms with Crippen LogP contribution in [0.4, 0.5) is 0 Å². The SMILES string of the molecule is c1ccc(-c2nc(-c3ccccc3)nc(-c3cc4c(cc3-n3c5ccccc5c5ccc(-c6cccc7ccccc67)cc53)oc3ccccc34)n2)cc1. The molecule has 0 fully saturated rings. The minimum absolute atomic E-state index is 0.584. The molecular weight excluding hydrogens is 661 g/mol. The van der Waals surface area contributed by atoms with Crippen LogP contribution in [0.25, 0.3) is 105 Å². The molecule has 0 amide bonds. The van der Waals surface area contributed by atoms with Gasteiger partial charge in [0, 0.05) is 44.3 Å². The minimum Gasteiger partial charge on any atom is -0.456 e. The highest BCUT2D eigenvalue weighted by molar-refractivity contribution is 6.13. The zero-order valence-electron chi connectivity index (χ0n) is 29.0. The van der Waals surface area contributed by atoms with Crippen LogP contribution in [0.2, 0.25) is 0 Å². The van der Waals surface area contributed by atoms with Crippen molar-refractivity contribution in [3.63, 3.8) is 0 Å². The number of rotatable bonds is 5. The topological polar surface area (TPSA) is 56.7 Å². The Morgan fingerprint density at radius 2 is 0.963 bits per heavy atom. The molecule has 0 saturated heterocycles. The number of benzene rings is 8. The molecule has 0 spiro atoms. The summed E-state index contributed by atoms with van der Waals surface area (Å²) in [7, 11) is 0. The van der Waals surface area contributed by atoms with Crippen LogP contribution in [-0.2, 0) is 0 Å². The second kappa shape index (κ2) is 12.1. The van der Waals surface area contributed by atoms with E-state index in [9.17, 15) is 0 Å². The third-order valence-corrected chi connectivity index (χ3v) is 10.5. The lowest BCUT2D eigenvalue weighted by Crippen LogP contribution is -2.04. The van der Waals surface area contributed by atoms with E-state index in [-0.39, 0.29) is 0 Å². The van der Waals surface area contributed by atoms with Gasteiger partial charge in [0.05, 0.1) is 16.7 Å². The molecule has 5 nitrogen and oxygen atoms in total. The van der Waals surface area contributed by atoms with E-state index in [1.54, 1.807) is 0 Å². The Labute approximate surface area is 310 Å². The van der Waals surface area contributed by atoms with Gasteiger partial charge in [-0.05, 0) is 46.2 Å². The van der Waals surface area contributed by atoms with E-state index in [0.717, 1.165) is 66.3 Å². The van der Waals surface area contributed by atoms with Crippen molar-refractivity contribution in [2.24, 2.45) is 0 Å². The molecule has 0 saturated carbocycles. The van der Waals surface area contributed by atoms with E-state index in [1.807, 2.05) is 72.8 Å². The van der Waals surface area contributed by atoms with Crippen LogP contribution < -0.4 is 0 Å². The maximum atomic E-state index is 6.57. The second-order valence-electron chi connectivity index (χ2n) is 13.6. The molecule has 0 aliphatic rings. The van der Waals surface area contributed by atoms with Gasteiger partial charge in [0.25, 0.3) is 0 Å². The van der Waals surface area contributed by atoms with E-state index in [1.165, 1.54) is 21.7 Å². The molecule has 5 heteroatoms. The molecule has 0 aliphatic heterocycles. The van der Waals surface area contributed by atoms with Gasteiger partial charge in [0.1, 0.15) is 11.2 Å². The van der Waals surface area contributed by atoms with Crippen LogP contribution in [0.1, 0.15) is 0 Å². The monoisotopic (exact) mass is 690 g/mol. The predicted molar refractivity (Wildman–Crippen MR) is 221 cm³/mol. The number of furan rings is 1. The molecule has 0 unspecified atom stereocenters. The van der Waals surface area contributed by atoms with Crippen LogP contribution in [0.15, 0.2) is 186 Å². The van der Waals surface area contributed by atoms with Gasteiger partial charge in [-0.15, -0.1) is 0 Å². The highest BCUT2D eigenvalue weighted by Crippen LogP contribution is 2.42. The summed E-state index contributed by atoms with van der Waals surface area (Å²) in [6, 6.07) is 63.4. The molecule has 0 atom stereocenters. The molecule has 3 heterocycles. The summed E-state index contributed by atoms with van der Waals surface area (Å²) in [5, 5.41) is 6.81. The summed E-state index contributed by atoms with van der Waals surface area (Å²) in [6.45, 7) is 0. The van der Waals surface area contributed by atoms with Gasteiger partial charge in [0.15, 0.2) is 17.5 Å². The zero-order valence-corrected chi connectivity index (χ0v) is 29.0. The minimum atomic E-state index is 0.584. The van der Waals surface area contributed by atoms with Crippen molar-refractivity contribution >= 4 is 54.5 Å². The average molecular weight is 691 g/mol. The van der Waals surface area contributed by atoms with Crippen LogP contribution in [-0.4, -0.2) is 19.5 Å². The van der Waals surface area contributed by atoms with Crippen molar-refractivity contribution in [2.75, 3.05) is 0 Å². The summed E-state index contributed by atoms with van der Waals surface area (Å²) in [4.78, 5) is 15.5. The largest absolute Gasteiger partial charge is 0.456 e. The average Bonchev–Trinajstić information content (AvgIpc) is 3.78. The highest BCUT2D eigenvalue weighted by Gasteiger charge is 2.22. The van der Waals surface area contributed by atoms with Crippen molar-refractivity contribution in [2.45, 2.75) is 0 Å². The zero-order chi connectivity index (χ0) is 35.6. The summed E-state index contributed by atoms with van der Waals surface area (Å²) in [6.07, 6.45) is 0. The maximum absolute atomic E-state index is 6.57. The van der Waals surface area contributed by atoms with Crippen LogP contribution in [0.3, 0.4) is 0 Å². The van der Waals surface area contributed by atoms with Crippen molar-refractivity contribution < 1.29 is 4.42 Å². The lowest BCUT2D eigenvalue weighted by atomic mass is 9.97. The van der Waals surface area contributed by atoms with E-state index in [0.29, 0.717) is 17.5 Å². The first-order chi connectivity index (χ1) is 26.8. The Morgan fingerprint density at radius 1 is 0.352 bits per heavy atom. The molecule has 8 aromatic carbocycles. The van der Waals surface area contributed by atoms with E-state index in [2.05, 4.69) is 114 Å². The van der Waals surface area contributed by atoms with E-state index < -0.39 is 0 Å². The molecule has 11 aromatic rings. The van der Waals surface area contributed by atoms with Crippen molar-refractivity contribution in [3.8, 4) is 51.0 Å².